The number of nitrogens with zero attached hydrogens (tertiary/aromatic N) is 2. The van der Waals surface area contributed by atoms with Crippen molar-refractivity contribution < 1.29 is 18.0 Å². The fourth-order valence-electron chi connectivity index (χ4n) is 1.22. The minimum Gasteiger partial charge on any atom is -0.382 e. The summed E-state index contributed by atoms with van der Waals surface area (Å²) in [6.07, 6.45) is -3.41. The lowest BCUT2D eigenvalue weighted by molar-refractivity contribution is -0.142. The number of aromatic nitrogens is 2. The highest BCUT2D eigenvalue weighted by Crippen LogP contribution is 2.18. The minimum absolute atomic E-state index is 0.0528. The maximum atomic E-state index is 12.1. The van der Waals surface area contributed by atoms with Gasteiger partial charge in [0, 0.05) is 12.2 Å². The average Bonchev–Trinajstić information content (AvgIpc) is 2.41. The van der Waals surface area contributed by atoms with Crippen LogP contribution in [0.1, 0.15) is 24.2 Å². The smallest absolute Gasteiger partial charge is 0.382 e. The van der Waals surface area contributed by atoms with Crippen LogP contribution in [-0.2, 0) is 6.54 Å². The molecule has 5 nitrogen and oxygen atoms in total. The maximum Gasteiger partial charge on any atom is 0.408 e. The van der Waals surface area contributed by atoms with Crippen LogP contribution < -0.4 is 11.1 Å². The monoisotopic (exact) mass is 250 g/mol. The van der Waals surface area contributed by atoms with Crippen LogP contribution in [0.5, 0.6) is 0 Å². The van der Waals surface area contributed by atoms with Gasteiger partial charge in [-0.15, -0.1) is 0 Å². The molecule has 0 fully saturated rings. The Balaban J connectivity index is 2.85. The molecule has 17 heavy (non-hydrogen) atoms. The van der Waals surface area contributed by atoms with E-state index in [0.29, 0.717) is 4.68 Å². The standard InChI is InChI=1S/C9H13F3N4O/c1-5(2)14-8(17)6-3-16(15-7(6)13)4-9(10,11)12/h3,5H,4H2,1-2H3,(H2,13,15)(H,14,17). The van der Waals surface area contributed by atoms with Crippen molar-refractivity contribution in [1.29, 1.82) is 0 Å². The Morgan fingerprint density at radius 1 is 1.59 bits per heavy atom. The van der Waals surface area contributed by atoms with E-state index >= 15 is 0 Å². The van der Waals surface area contributed by atoms with E-state index in [2.05, 4.69) is 10.4 Å². The molecular formula is C9H13F3N4O. The molecule has 0 saturated heterocycles. The Bertz CT molecular complexity index is 411. The number of hydrogen-bond donors (Lipinski definition) is 2. The van der Waals surface area contributed by atoms with Crippen molar-refractivity contribution in [1.82, 2.24) is 15.1 Å². The molecule has 0 aliphatic heterocycles. The average molecular weight is 250 g/mol. The van der Waals surface area contributed by atoms with Gasteiger partial charge in [0.2, 0.25) is 0 Å². The van der Waals surface area contributed by atoms with E-state index in [9.17, 15) is 18.0 Å². The summed E-state index contributed by atoms with van der Waals surface area (Å²) in [5.74, 6) is -0.752. The molecule has 0 bridgehead atoms. The van der Waals surface area contributed by atoms with Gasteiger partial charge >= 0.3 is 6.18 Å². The van der Waals surface area contributed by atoms with Crippen LogP contribution in [0.3, 0.4) is 0 Å². The number of alkyl halides is 3. The third-order valence-electron chi connectivity index (χ3n) is 1.80. The zero-order valence-corrected chi connectivity index (χ0v) is 9.38. The van der Waals surface area contributed by atoms with E-state index in [4.69, 9.17) is 5.73 Å². The molecule has 1 heterocycles. The van der Waals surface area contributed by atoms with Gasteiger partial charge in [-0.1, -0.05) is 0 Å². The minimum atomic E-state index is -4.40. The number of amides is 1. The van der Waals surface area contributed by atoms with Crippen molar-refractivity contribution in [3.8, 4) is 0 Å². The van der Waals surface area contributed by atoms with Gasteiger partial charge in [0.15, 0.2) is 5.82 Å². The zero-order chi connectivity index (χ0) is 13.2. The van der Waals surface area contributed by atoms with Crippen LogP contribution in [-0.4, -0.2) is 27.9 Å². The molecular weight excluding hydrogens is 237 g/mol. The van der Waals surface area contributed by atoms with Gasteiger partial charge in [-0.2, -0.15) is 18.3 Å². The van der Waals surface area contributed by atoms with Crippen LogP contribution in [0.2, 0.25) is 0 Å². The topological polar surface area (TPSA) is 72.9 Å². The number of halogens is 3. The second-order valence-corrected chi connectivity index (χ2v) is 3.87. The molecule has 0 aromatic carbocycles. The maximum absolute atomic E-state index is 12.1. The van der Waals surface area contributed by atoms with Crippen molar-refractivity contribution in [3.05, 3.63) is 11.8 Å². The predicted molar refractivity (Wildman–Crippen MR) is 55.3 cm³/mol. The molecule has 3 N–H and O–H groups in total. The van der Waals surface area contributed by atoms with E-state index in [-0.39, 0.29) is 17.4 Å². The highest BCUT2D eigenvalue weighted by molar-refractivity contribution is 5.98. The molecule has 0 atom stereocenters. The van der Waals surface area contributed by atoms with E-state index in [1.54, 1.807) is 13.8 Å². The number of hydrogen-bond acceptors (Lipinski definition) is 3. The summed E-state index contributed by atoms with van der Waals surface area (Å²) in [5.41, 5.74) is 5.32. The Labute approximate surface area is 95.8 Å². The first kappa shape index (κ1) is 13.3. The van der Waals surface area contributed by atoms with Gasteiger partial charge < -0.3 is 11.1 Å². The summed E-state index contributed by atoms with van der Waals surface area (Å²) in [4.78, 5) is 11.5. The number of nitrogen functional groups attached to an aromatic ring is 1. The lowest BCUT2D eigenvalue weighted by atomic mass is 10.3. The third-order valence-corrected chi connectivity index (χ3v) is 1.80. The second-order valence-electron chi connectivity index (χ2n) is 3.87. The molecule has 0 saturated carbocycles. The first-order valence-electron chi connectivity index (χ1n) is 4.89. The fourth-order valence-corrected chi connectivity index (χ4v) is 1.22. The second kappa shape index (κ2) is 4.64. The molecule has 0 unspecified atom stereocenters. The Kier molecular flexibility index (Phi) is 3.64. The van der Waals surface area contributed by atoms with Crippen LogP contribution >= 0.6 is 0 Å². The highest BCUT2D eigenvalue weighted by Gasteiger charge is 2.29. The summed E-state index contributed by atoms with van der Waals surface area (Å²) in [7, 11) is 0. The van der Waals surface area contributed by atoms with Crippen LogP contribution in [0.25, 0.3) is 0 Å². The van der Waals surface area contributed by atoms with E-state index in [1.807, 2.05) is 0 Å². The van der Waals surface area contributed by atoms with E-state index in [1.165, 1.54) is 0 Å². The SMILES string of the molecule is CC(C)NC(=O)c1cn(CC(F)(F)F)nc1N. The molecule has 8 heteroatoms. The van der Waals surface area contributed by atoms with Gasteiger partial charge in [-0.25, -0.2) is 0 Å². The van der Waals surface area contributed by atoms with Gasteiger partial charge in [-0.3, -0.25) is 9.48 Å². The summed E-state index contributed by atoms with van der Waals surface area (Å²) < 4.78 is 36.9. The molecule has 0 aliphatic rings. The Hall–Kier alpha value is -1.73. The van der Waals surface area contributed by atoms with Crippen LogP contribution in [0, 0.1) is 0 Å². The van der Waals surface area contributed by atoms with E-state index in [0.717, 1.165) is 6.20 Å². The molecule has 0 aliphatic carbocycles. The van der Waals surface area contributed by atoms with Gasteiger partial charge in [-0.05, 0) is 13.8 Å². The normalized spacial score (nSPS) is 11.9. The summed E-state index contributed by atoms with van der Waals surface area (Å²) >= 11 is 0. The Morgan fingerprint density at radius 2 is 2.18 bits per heavy atom. The van der Waals surface area contributed by atoms with Crippen LogP contribution in [0.15, 0.2) is 6.20 Å². The number of anilines is 1. The fraction of sp³-hybridized carbons (Fsp3) is 0.556. The van der Waals surface area contributed by atoms with Gasteiger partial charge in [0.05, 0.1) is 0 Å². The van der Waals surface area contributed by atoms with Crippen LogP contribution in [0.4, 0.5) is 19.0 Å². The molecule has 96 valence electrons. The first-order chi connectivity index (χ1) is 7.69. The lowest BCUT2D eigenvalue weighted by Crippen LogP contribution is -2.30. The quantitative estimate of drug-likeness (QED) is 0.845. The van der Waals surface area contributed by atoms with Crippen molar-refractivity contribution in [2.45, 2.75) is 32.6 Å². The first-order valence-corrected chi connectivity index (χ1v) is 4.89. The Morgan fingerprint density at radius 3 is 2.65 bits per heavy atom. The lowest BCUT2D eigenvalue weighted by Gasteiger charge is -2.06. The number of rotatable bonds is 3. The van der Waals surface area contributed by atoms with Crippen molar-refractivity contribution in [3.63, 3.8) is 0 Å². The summed E-state index contributed by atoms with van der Waals surface area (Å²) in [5, 5.41) is 5.96. The van der Waals surface area contributed by atoms with Crippen molar-refractivity contribution in [2.24, 2.45) is 0 Å². The van der Waals surface area contributed by atoms with Gasteiger partial charge in [0.25, 0.3) is 5.91 Å². The molecule has 1 amide bonds. The number of nitrogens with one attached hydrogen (secondary N) is 1. The molecule has 0 radical (unpaired) electrons. The van der Waals surface area contributed by atoms with E-state index < -0.39 is 18.6 Å². The summed E-state index contributed by atoms with van der Waals surface area (Å²) in [6.45, 7) is 2.19. The molecule has 0 spiro atoms. The summed E-state index contributed by atoms with van der Waals surface area (Å²) in [6, 6.07) is -0.132. The molecule has 1 rings (SSSR count). The highest BCUT2D eigenvalue weighted by atomic mass is 19.4. The zero-order valence-electron chi connectivity index (χ0n) is 9.38. The largest absolute Gasteiger partial charge is 0.408 e. The third kappa shape index (κ3) is 3.97. The number of carbonyl (C=O) groups excluding carboxylic acids is 1. The number of nitrogens with two attached hydrogens (primary N) is 1. The number of carbonyl (C=O) groups is 1. The molecule has 1 aromatic rings. The van der Waals surface area contributed by atoms with Crippen molar-refractivity contribution in [2.75, 3.05) is 5.73 Å². The molecule has 1 aromatic heterocycles. The van der Waals surface area contributed by atoms with Crippen molar-refractivity contribution >= 4 is 11.7 Å². The predicted octanol–water partition coefficient (Wildman–Crippen LogP) is 1.17. The van der Waals surface area contributed by atoms with Gasteiger partial charge in [0.1, 0.15) is 12.1 Å².